The van der Waals surface area contributed by atoms with Crippen molar-refractivity contribution >= 4 is 16.0 Å². The van der Waals surface area contributed by atoms with Gasteiger partial charge in [0.2, 0.25) is 10.0 Å². The Labute approximate surface area is 158 Å². The zero-order valence-corrected chi connectivity index (χ0v) is 15.9. The number of aliphatic carboxylic acids is 1. The molecule has 3 rings (SSSR count). The van der Waals surface area contributed by atoms with Crippen molar-refractivity contribution in [2.75, 3.05) is 13.1 Å². The third-order valence-electron chi connectivity index (χ3n) is 4.82. The second-order valence-corrected chi connectivity index (χ2v) is 8.92. The Kier molecular flexibility index (Phi) is 5.62. The zero-order valence-electron chi connectivity index (χ0n) is 15.1. The Bertz CT molecular complexity index is 941. The zero-order chi connectivity index (χ0) is 19.6. The number of carboxylic acid groups (broad SMARTS) is 1. The minimum absolute atomic E-state index is 0.00131. The Morgan fingerprint density at radius 2 is 1.93 bits per heavy atom. The molecule has 144 valence electrons. The first-order valence-electron chi connectivity index (χ1n) is 8.83. The van der Waals surface area contributed by atoms with E-state index < -0.39 is 21.8 Å². The molecule has 2 aromatic carbocycles. The number of aryl methyl sites for hydroxylation is 1. The highest BCUT2D eigenvalue weighted by Crippen LogP contribution is 2.31. The van der Waals surface area contributed by atoms with Crippen molar-refractivity contribution in [2.45, 2.75) is 37.0 Å². The van der Waals surface area contributed by atoms with E-state index in [0.29, 0.717) is 19.5 Å². The van der Waals surface area contributed by atoms with Gasteiger partial charge in [0.15, 0.2) is 0 Å². The second kappa shape index (κ2) is 7.78. The van der Waals surface area contributed by atoms with Crippen LogP contribution in [0.25, 0.3) is 0 Å². The normalized spacial score (nSPS) is 18.4. The number of hydrogen-bond acceptors (Lipinski definition) is 3. The molecule has 7 heteroatoms. The summed E-state index contributed by atoms with van der Waals surface area (Å²) < 4.78 is 40.3. The van der Waals surface area contributed by atoms with Crippen molar-refractivity contribution in [3.8, 4) is 0 Å². The maximum Gasteiger partial charge on any atom is 0.307 e. The van der Waals surface area contributed by atoms with E-state index in [0.717, 1.165) is 35.2 Å². The molecular formula is C20H22FNO4S. The summed E-state index contributed by atoms with van der Waals surface area (Å²) in [5.74, 6) is -1.37. The van der Waals surface area contributed by atoms with Gasteiger partial charge in [-0.2, -0.15) is 4.31 Å². The van der Waals surface area contributed by atoms with Gasteiger partial charge in [0.05, 0.1) is 11.3 Å². The van der Waals surface area contributed by atoms with Crippen molar-refractivity contribution in [1.82, 2.24) is 4.31 Å². The molecule has 0 saturated carbocycles. The molecule has 1 heterocycles. The van der Waals surface area contributed by atoms with Crippen LogP contribution in [0.3, 0.4) is 0 Å². The number of carbonyl (C=O) groups is 1. The molecule has 27 heavy (non-hydrogen) atoms. The Balaban J connectivity index is 1.85. The first-order valence-corrected chi connectivity index (χ1v) is 10.3. The fourth-order valence-corrected chi connectivity index (χ4v) is 5.12. The van der Waals surface area contributed by atoms with E-state index in [2.05, 4.69) is 0 Å². The number of halogens is 1. The summed E-state index contributed by atoms with van der Waals surface area (Å²) >= 11 is 0. The maximum atomic E-state index is 13.1. The first-order chi connectivity index (χ1) is 12.8. The molecule has 5 nitrogen and oxygen atoms in total. The molecule has 1 atom stereocenters. The number of hydrogen-bond donors (Lipinski definition) is 1. The highest BCUT2D eigenvalue weighted by Gasteiger charge is 2.31. The number of carboxylic acids is 1. The number of sulfonamides is 1. The molecule has 1 fully saturated rings. The SMILES string of the molecule is Cc1cc(CC(=O)O)cc(C2CCCN(S(=O)(=O)c3ccc(F)cc3)C2)c1. The van der Waals surface area contributed by atoms with Crippen molar-refractivity contribution in [2.24, 2.45) is 0 Å². The van der Waals surface area contributed by atoms with Crippen LogP contribution >= 0.6 is 0 Å². The average molecular weight is 391 g/mol. The predicted octanol–water partition coefficient (Wildman–Crippen LogP) is 3.33. The molecule has 0 radical (unpaired) electrons. The number of rotatable bonds is 5. The molecule has 1 saturated heterocycles. The maximum absolute atomic E-state index is 13.1. The van der Waals surface area contributed by atoms with Crippen LogP contribution in [0.5, 0.6) is 0 Å². The van der Waals surface area contributed by atoms with E-state index in [4.69, 9.17) is 5.11 Å². The summed E-state index contributed by atoms with van der Waals surface area (Å²) in [6, 6.07) is 10.6. The fourth-order valence-electron chi connectivity index (χ4n) is 3.60. The molecule has 0 aliphatic carbocycles. The minimum Gasteiger partial charge on any atom is -0.481 e. The lowest BCUT2D eigenvalue weighted by atomic mass is 9.89. The second-order valence-electron chi connectivity index (χ2n) is 6.98. The topological polar surface area (TPSA) is 74.7 Å². The largest absolute Gasteiger partial charge is 0.481 e. The summed E-state index contributed by atoms with van der Waals surface area (Å²) in [5.41, 5.74) is 2.64. The van der Waals surface area contributed by atoms with Gasteiger partial charge in [0.25, 0.3) is 0 Å². The van der Waals surface area contributed by atoms with Crippen LogP contribution in [-0.4, -0.2) is 36.9 Å². The predicted molar refractivity (Wildman–Crippen MR) is 99.7 cm³/mol. The monoisotopic (exact) mass is 391 g/mol. The summed E-state index contributed by atoms with van der Waals surface area (Å²) in [7, 11) is -3.69. The molecule has 1 aliphatic heterocycles. The third-order valence-corrected chi connectivity index (χ3v) is 6.70. The lowest BCUT2D eigenvalue weighted by molar-refractivity contribution is -0.136. The Morgan fingerprint density at radius 3 is 2.59 bits per heavy atom. The van der Waals surface area contributed by atoms with E-state index in [9.17, 15) is 17.6 Å². The lowest BCUT2D eigenvalue weighted by Gasteiger charge is -2.32. The van der Waals surface area contributed by atoms with Crippen molar-refractivity contribution in [3.05, 3.63) is 65.0 Å². The molecule has 2 aromatic rings. The van der Waals surface area contributed by atoms with E-state index >= 15 is 0 Å². The number of benzene rings is 2. The van der Waals surface area contributed by atoms with E-state index in [-0.39, 0.29) is 17.2 Å². The van der Waals surface area contributed by atoms with Crippen LogP contribution in [0.4, 0.5) is 4.39 Å². The van der Waals surface area contributed by atoms with Crippen molar-refractivity contribution < 1.29 is 22.7 Å². The van der Waals surface area contributed by atoms with Gasteiger partial charge in [-0.3, -0.25) is 4.79 Å². The van der Waals surface area contributed by atoms with Gasteiger partial charge in [-0.25, -0.2) is 12.8 Å². The van der Waals surface area contributed by atoms with Crippen LogP contribution < -0.4 is 0 Å². The highest BCUT2D eigenvalue weighted by atomic mass is 32.2. The van der Waals surface area contributed by atoms with Crippen LogP contribution in [0.15, 0.2) is 47.4 Å². The Hall–Kier alpha value is -2.25. The highest BCUT2D eigenvalue weighted by molar-refractivity contribution is 7.89. The van der Waals surface area contributed by atoms with Gasteiger partial charge >= 0.3 is 5.97 Å². The molecule has 1 unspecified atom stereocenters. The summed E-state index contributed by atoms with van der Waals surface area (Å²) in [6.07, 6.45) is 1.50. The molecule has 0 bridgehead atoms. The van der Waals surface area contributed by atoms with Gasteiger partial charge in [0.1, 0.15) is 5.82 Å². The van der Waals surface area contributed by atoms with E-state index in [1.165, 1.54) is 16.4 Å². The van der Waals surface area contributed by atoms with Gasteiger partial charge in [0, 0.05) is 13.1 Å². The number of nitrogens with zero attached hydrogens (tertiary/aromatic N) is 1. The van der Waals surface area contributed by atoms with Gasteiger partial charge < -0.3 is 5.11 Å². The van der Waals surface area contributed by atoms with E-state index in [1.54, 1.807) is 0 Å². The smallest absolute Gasteiger partial charge is 0.307 e. The third kappa shape index (κ3) is 4.54. The summed E-state index contributed by atoms with van der Waals surface area (Å²) in [4.78, 5) is 11.1. The molecule has 1 aliphatic rings. The molecule has 0 spiro atoms. The van der Waals surface area contributed by atoms with Crippen molar-refractivity contribution in [1.29, 1.82) is 0 Å². The van der Waals surface area contributed by atoms with Gasteiger partial charge in [-0.05, 0) is 61.1 Å². The van der Waals surface area contributed by atoms with E-state index in [1.807, 2.05) is 25.1 Å². The van der Waals surface area contributed by atoms with Gasteiger partial charge in [-0.15, -0.1) is 0 Å². The molecular weight excluding hydrogens is 369 g/mol. The summed E-state index contributed by atoms with van der Waals surface area (Å²) in [5, 5.41) is 9.04. The Morgan fingerprint density at radius 1 is 1.22 bits per heavy atom. The number of piperidine rings is 1. The molecule has 0 aromatic heterocycles. The van der Waals surface area contributed by atoms with Crippen LogP contribution in [-0.2, 0) is 21.2 Å². The fraction of sp³-hybridized carbons (Fsp3) is 0.350. The molecule has 1 N–H and O–H groups in total. The van der Waals surface area contributed by atoms with Crippen LogP contribution in [0, 0.1) is 12.7 Å². The standard InChI is InChI=1S/C20H22FNO4S/c1-14-9-15(12-20(23)24)11-17(10-14)16-3-2-8-22(13-16)27(25,26)19-6-4-18(21)5-7-19/h4-7,9-11,16H,2-3,8,12-13H2,1H3,(H,23,24). The van der Waals surface area contributed by atoms with Crippen LogP contribution in [0.2, 0.25) is 0 Å². The summed E-state index contributed by atoms with van der Waals surface area (Å²) in [6.45, 7) is 2.66. The van der Waals surface area contributed by atoms with Gasteiger partial charge in [-0.1, -0.05) is 23.8 Å². The van der Waals surface area contributed by atoms with Crippen molar-refractivity contribution in [3.63, 3.8) is 0 Å². The molecule has 0 amide bonds. The lowest BCUT2D eigenvalue weighted by Crippen LogP contribution is -2.39. The quantitative estimate of drug-likeness (QED) is 0.848. The average Bonchev–Trinajstić information content (AvgIpc) is 2.61. The minimum atomic E-state index is -3.69. The van der Waals surface area contributed by atoms with Crippen LogP contribution in [0.1, 0.15) is 35.4 Å². The first kappa shape index (κ1) is 19.5.